The zero-order chi connectivity index (χ0) is 4.50. The van der Waals surface area contributed by atoms with E-state index in [4.69, 9.17) is 14.7 Å². The van der Waals surface area contributed by atoms with Gasteiger partial charge in [-0.15, -0.1) is 0 Å². The molecule has 0 fully saturated rings. The van der Waals surface area contributed by atoms with Crippen molar-refractivity contribution in [1.29, 1.82) is 0 Å². The van der Waals surface area contributed by atoms with E-state index in [1.807, 2.05) is 0 Å². The van der Waals surface area contributed by atoms with Crippen LogP contribution in [0.5, 0.6) is 0 Å². The van der Waals surface area contributed by atoms with Gasteiger partial charge in [0.15, 0.2) is 0 Å². The van der Waals surface area contributed by atoms with Crippen LogP contribution in [0.1, 0.15) is 0 Å². The van der Waals surface area contributed by atoms with Crippen molar-refractivity contribution in [2.24, 2.45) is 0 Å². The Kier molecular flexibility index (Phi) is 5.65. The molecule has 6 heteroatoms. The minimum atomic E-state index is -4.56. The molecule has 6 heavy (non-hydrogen) atoms. The zero-order valence-electron chi connectivity index (χ0n) is 2.38. The summed E-state index contributed by atoms with van der Waals surface area (Å²) in [5.74, 6) is 0. The molecule has 0 saturated carbocycles. The number of rotatable bonds is 0. The van der Waals surface area contributed by atoms with Crippen LogP contribution < -0.4 is 14.7 Å². The summed E-state index contributed by atoms with van der Waals surface area (Å²) in [6.07, 6.45) is 0. The minimum Gasteiger partial charge on any atom is -0.844 e. The quantitative estimate of drug-likeness (QED) is 0.328. The van der Waals surface area contributed by atoms with E-state index in [0.29, 0.717) is 0 Å². The van der Waals surface area contributed by atoms with Crippen LogP contribution in [-0.2, 0) is 34.2 Å². The van der Waals surface area contributed by atoms with Gasteiger partial charge in [0.25, 0.3) is 0 Å². The van der Waals surface area contributed by atoms with E-state index in [0.717, 1.165) is 0 Å². The summed E-state index contributed by atoms with van der Waals surface area (Å²) in [6, 6.07) is 0. The van der Waals surface area contributed by atoms with Crippen LogP contribution in [0.25, 0.3) is 0 Å². The standard InChI is InChI=1S/Ag.H3O3PS/c;1-4(2,3)5/h;(H3,1,2,3,5)/q+3;/p-3. The van der Waals surface area contributed by atoms with Crippen molar-refractivity contribution < 1.29 is 37.1 Å². The molecule has 0 saturated heterocycles. The first kappa shape index (κ1) is 10.3. The van der Waals surface area contributed by atoms with E-state index in [9.17, 15) is 0 Å². The van der Waals surface area contributed by atoms with Gasteiger partial charge in [-0.05, 0) is 0 Å². The largest absolute Gasteiger partial charge is 3.00 e. The fourth-order valence-corrected chi connectivity index (χ4v) is 0. The summed E-state index contributed by atoms with van der Waals surface area (Å²) in [7, 11) is 0. The monoisotopic (exact) mass is 218 g/mol. The summed E-state index contributed by atoms with van der Waals surface area (Å²) in [4.78, 5) is 26.8. The molecule has 0 heterocycles. The SMILES string of the molecule is [Ag+3].[O-]P([O-])([O-])=S. The summed E-state index contributed by atoms with van der Waals surface area (Å²) in [5.41, 5.74) is 0. The van der Waals surface area contributed by atoms with Crippen LogP contribution in [0.3, 0.4) is 0 Å². The van der Waals surface area contributed by atoms with E-state index < -0.39 is 6.72 Å². The molecule has 3 nitrogen and oxygen atoms in total. The zero-order valence-corrected chi connectivity index (χ0v) is 5.57. The molecule has 0 aliphatic rings. The molecule has 0 aromatic rings. The van der Waals surface area contributed by atoms with Gasteiger partial charge in [0, 0.05) is 0 Å². The Morgan fingerprint density at radius 2 is 1.17 bits per heavy atom. The Bertz CT molecular complexity index is 56.9. The number of hydrogen-bond donors (Lipinski definition) is 0. The first-order chi connectivity index (χ1) is 2.00. The van der Waals surface area contributed by atoms with Gasteiger partial charge in [0.2, 0.25) is 0 Å². The second kappa shape index (κ2) is 3.29. The minimum absolute atomic E-state index is 0. The van der Waals surface area contributed by atoms with Crippen LogP contribution in [0, 0.1) is 0 Å². The smallest absolute Gasteiger partial charge is 0.844 e. The fraction of sp³-hybridized carbons (Fsp3) is 0. The van der Waals surface area contributed by atoms with E-state index in [2.05, 4.69) is 11.8 Å². The van der Waals surface area contributed by atoms with Crippen LogP contribution in [0.4, 0.5) is 0 Å². The van der Waals surface area contributed by atoms with Crippen LogP contribution in [0.2, 0.25) is 0 Å². The van der Waals surface area contributed by atoms with Crippen molar-refractivity contribution in [1.82, 2.24) is 0 Å². The van der Waals surface area contributed by atoms with Crippen molar-refractivity contribution in [3.8, 4) is 0 Å². The van der Waals surface area contributed by atoms with Gasteiger partial charge in [0.05, 0.1) is 0 Å². The molecule has 0 radical (unpaired) electrons. The molecule has 0 N–H and O–H groups in total. The maximum atomic E-state index is 8.92. The maximum Gasteiger partial charge on any atom is 3.00 e. The van der Waals surface area contributed by atoms with E-state index >= 15 is 0 Å². The molecule has 0 rings (SSSR count). The summed E-state index contributed by atoms with van der Waals surface area (Å²) < 4.78 is 0. The van der Waals surface area contributed by atoms with Gasteiger partial charge < -0.3 is 21.4 Å². The van der Waals surface area contributed by atoms with E-state index in [-0.39, 0.29) is 22.4 Å². The van der Waals surface area contributed by atoms with Gasteiger partial charge in [0.1, 0.15) is 0 Å². The average molecular weight is 219 g/mol. The first-order valence-corrected chi connectivity index (χ1v) is 3.29. The van der Waals surface area contributed by atoms with Crippen molar-refractivity contribution in [2.75, 3.05) is 0 Å². The summed E-state index contributed by atoms with van der Waals surface area (Å²) in [5, 5.41) is 0. The average Bonchev–Trinajstić information content (AvgIpc) is 0.722. The second-order valence-electron chi connectivity index (χ2n) is 0.447. The third kappa shape index (κ3) is 59.6. The normalized spacial score (nSPS) is 9.83. The van der Waals surface area contributed by atoms with Gasteiger partial charge in [-0.25, -0.2) is 0 Å². The van der Waals surface area contributed by atoms with Gasteiger partial charge >= 0.3 is 22.4 Å². The molecule has 0 atom stereocenters. The van der Waals surface area contributed by atoms with Gasteiger partial charge in [-0.1, -0.05) is 0 Å². The second-order valence-corrected chi connectivity index (χ2v) is 2.68. The Morgan fingerprint density at radius 1 is 1.17 bits per heavy atom. The van der Waals surface area contributed by atoms with Gasteiger partial charge in [-0.2, -0.15) is 11.8 Å². The van der Waals surface area contributed by atoms with Gasteiger partial charge in [-0.3, -0.25) is 0 Å². The molecule has 40 valence electrons. The summed E-state index contributed by atoms with van der Waals surface area (Å²) >= 11 is 3.27. The van der Waals surface area contributed by atoms with Crippen LogP contribution >= 0.6 is 6.72 Å². The third-order valence-electron chi connectivity index (χ3n) is 0. The molecule has 0 aliphatic heterocycles. The molecule has 0 unspecified atom stereocenters. The molecule has 0 amide bonds. The Morgan fingerprint density at radius 3 is 1.17 bits per heavy atom. The fourth-order valence-electron chi connectivity index (χ4n) is 0. The van der Waals surface area contributed by atoms with Crippen molar-refractivity contribution in [2.45, 2.75) is 0 Å². The van der Waals surface area contributed by atoms with E-state index in [1.54, 1.807) is 0 Å². The Labute approximate surface area is 55.8 Å². The molecule has 0 aliphatic carbocycles. The van der Waals surface area contributed by atoms with E-state index in [1.165, 1.54) is 0 Å². The van der Waals surface area contributed by atoms with Crippen molar-refractivity contribution in [3.63, 3.8) is 0 Å². The summed E-state index contributed by atoms with van der Waals surface area (Å²) in [6.45, 7) is -4.56. The molecule has 0 aromatic carbocycles. The van der Waals surface area contributed by atoms with Crippen LogP contribution in [-0.4, -0.2) is 0 Å². The molecule has 0 aromatic heterocycles. The molecular weight excluding hydrogens is 219 g/mol. The molecule has 0 bridgehead atoms. The predicted molar refractivity (Wildman–Crippen MR) is 14.3 cm³/mol. The van der Waals surface area contributed by atoms with Crippen LogP contribution in [0.15, 0.2) is 0 Å². The molecular formula is AgO3PS. The number of hydrogen-bond acceptors (Lipinski definition) is 4. The predicted octanol–water partition coefficient (Wildman–Crippen LogP) is -2.71. The maximum absolute atomic E-state index is 8.92. The van der Waals surface area contributed by atoms with Crippen molar-refractivity contribution in [3.05, 3.63) is 0 Å². The Balaban J connectivity index is 0. The molecule has 0 spiro atoms. The first-order valence-electron chi connectivity index (χ1n) is 0.730. The third-order valence-corrected chi connectivity index (χ3v) is 0. The Hall–Kier alpha value is 1.27. The topological polar surface area (TPSA) is 69.2 Å². The van der Waals surface area contributed by atoms with Crippen molar-refractivity contribution >= 4 is 18.5 Å².